The summed E-state index contributed by atoms with van der Waals surface area (Å²) in [6, 6.07) is 13.0. The zero-order valence-corrected chi connectivity index (χ0v) is 10.6. The second kappa shape index (κ2) is 5.02. The smallest absolute Gasteiger partial charge is 0.164 e. The van der Waals surface area contributed by atoms with Crippen LogP contribution in [0.5, 0.6) is 5.75 Å². The maximum absolute atomic E-state index is 13.0. The molecule has 1 heterocycles. The molecule has 0 fully saturated rings. The van der Waals surface area contributed by atoms with Crippen molar-refractivity contribution in [2.75, 3.05) is 6.54 Å². The van der Waals surface area contributed by atoms with Gasteiger partial charge in [-0.3, -0.25) is 4.90 Å². The Morgan fingerprint density at radius 3 is 2.68 bits per heavy atom. The minimum Gasteiger partial charge on any atom is -0.505 e. The van der Waals surface area contributed by atoms with Gasteiger partial charge in [0.05, 0.1) is 0 Å². The van der Waals surface area contributed by atoms with Crippen molar-refractivity contribution in [3.63, 3.8) is 0 Å². The fraction of sp³-hybridized carbons (Fsp3) is 0.250. The van der Waals surface area contributed by atoms with E-state index in [0.717, 1.165) is 31.6 Å². The third-order valence-electron chi connectivity index (χ3n) is 3.63. The summed E-state index contributed by atoms with van der Waals surface area (Å²) in [6.45, 7) is 2.64. The van der Waals surface area contributed by atoms with Gasteiger partial charge in [0, 0.05) is 19.6 Å². The molecule has 2 aromatic rings. The second-order valence-electron chi connectivity index (χ2n) is 5.02. The Labute approximate surface area is 112 Å². The van der Waals surface area contributed by atoms with Crippen LogP contribution in [0.4, 0.5) is 4.39 Å². The average Bonchev–Trinajstić information content (AvgIpc) is 2.43. The zero-order chi connectivity index (χ0) is 13.2. The molecule has 0 unspecified atom stereocenters. The summed E-state index contributed by atoms with van der Waals surface area (Å²) in [4.78, 5) is 2.31. The number of benzene rings is 2. The highest BCUT2D eigenvalue weighted by atomic mass is 19.1. The first-order valence-corrected chi connectivity index (χ1v) is 6.49. The molecule has 0 spiro atoms. The van der Waals surface area contributed by atoms with E-state index in [1.54, 1.807) is 6.07 Å². The Kier molecular flexibility index (Phi) is 3.22. The molecule has 3 rings (SSSR count). The summed E-state index contributed by atoms with van der Waals surface area (Å²) in [5, 5.41) is 9.39. The molecule has 2 nitrogen and oxygen atoms in total. The van der Waals surface area contributed by atoms with Crippen LogP contribution in [0, 0.1) is 5.82 Å². The monoisotopic (exact) mass is 257 g/mol. The second-order valence-corrected chi connectivity index (χ2v) is 5.02. The zero-order valence-electron chi connectivity index (χ0n) is 10.6. The Balaban J connectivity index is 1.73. The lowest BCUT2D eigenvalue weighted by Crippen LogP contribution is -2.29. The molecule has 0 aromatic heterocycles. The van der Waals surface area contributed by atoms with Gasteiger partial charge in [-0.25, -0.2) is 4.39 Å². The number of phenolic OH excluding ortho intramolecular Hbond substituents is 1. The molecule has 0 aliphatic carbocycles. The van der Waals surface area contributed by atoms with Crippen LogP contribution < -0.4 is 0 Å². The molecule has 2 aromatic carbocycles. The number of rotatable bonds is 2. The van der Waals surface area contributed by atoms with E-state index >= 15 is 0 Å². The van der Waals surface area contributed by atoms with Crippen LogP contribution in [-0.4, -0.2) is 16.6 Å². The molecular weight excluding hydrogens is 241 g/mol. The van der Waals surface area contributed by atoms with E-state index < -0.39 is 5.82 Å². The highest BCUT2D eigenvalue weighted by molar-refractivity contribution is 5.31. The minimum atomic E-state index is -0.562. The highest BCUT2D eigenvalue weighted by Crippen LogP contribution is 2.22. The van der Waals surface area contributed by atoms with E-state index in [4.69, 9.17) is 0 Å². The number of hydrogen-bond donors (Lipinski definition) is 1. The van der Waals surface area contributed by atoms with Crippen LogP contribution in [0.15, 0.2) is 42.5 Å². The first-order chi connectivity index (χ1) is 9.22. The molecule has 0 saturated heterocycles. The molecule has 0 saturated carbocycles. The lowest BCUT2D eigenvalue weighted by molar-refractivity contribution is 0.245. The number of nitrogens with zero attached hydrogens (tertiary/aromatic N) is 1. The molecule has 1 N–H and O–H groups in total. The van der Waals surface area contributed by atoms with Crippen molar-refractivity contribution in [1.82, 2.24) is 4.90 Å². The largest absolute Gasteiger partial charge is 0.505 e. The number of phenols is 1. The molecular formula is C16H16FNO. The summed E-state index contributed by atoms with van der Waals surface area (Å²) >= 11 is 0. The Hall–Kier alpha value is -1.87. The van der Waals surface area contributed by atoms with Gasteiger partial charge < -0.3 is 5.11 Å². The van der Waals surface area contributed by atoms with Gasteiger partial charge in [-0.05, 0) is 35.2 Å². The fourth-order valence-electron chi connectivity index (χ4n) is 2.60. The fourth-order valence-corrected chi connectivity index (χ4v) is 2.60. The lowest BCUT2D eigenvalue weighted by Gasteiger charge is -2.28. The molecule has 3 heteroatoms. The van der Waals surface area contributed by atoms with Gasteiger partial charge in [-0.2, -0.15) is 0 Å². The van der Waals surface area contributed by atoms with Crippen LogP contribution in [0.3, 0.4) is 0 Å². The van der Waals surface area contributed by atoms with E-state index in [2.05, 4.69) is 29.2 Å². The van der Waals surface area contributed by atoms with Crippen LogP contribution in [0.25, 0.3) is 0 Å². The summed E-state index contributed by atoms with van der Waals surface area (Å²) in [7, 11) is 0. The van der Waals surface area contributed by atoms with Crippen LogP contribution in [-0.2, 0) is 19.5 Å². The Morgan fingerprint density at radius 1 is 1.11 bits per heavy atom. The molecule has 0 radical (unpaired) electrons. The van der Waals surface area contributed by atoms with Crippen molar-refractivity contribution in [3.05, 3.63) is 65.0 Å². The molecule has 19 heavy (non-hydrogen) atoms. The van der Waals surface area contributed by atoms with E-state index in [-0.39, 0.29) is 5.75 Å². The topological polar surface area (TPSA) is 23.5 Å². The summed E-state index contributed by atoms with van der Waals surface area (Å²) in [5.41, 5.74) is 3.72. The number of aromatic hydroxyl groups is 1. The minimum absolute atomic E-state index is 0.269. The normalized spacial score (nSPS) is 15.2. The third kappa shape index (κ3) is 2.61. The van der Waals surface area contributed by atoms with Gasteiger partial charge in [-0.15, -0.1) is 0 Å². The lowest BCUT2D eigenvalue weighted by atomic mass is 9.99. The summed E-state index contributed by atoms with van der Waals surface area (Å²) < 4.78 is 13.0. The molecule has 0 atom stereocenters. The number of fused-ring (bicyclic) bond motifs is 1. The van der Waals surface area contributed by atoms with Crippen molar-refractivity contribution in [2.45, 2.75) is 19.5 Å². The van der Waals surface area contributed by atoms with E-state index in [1.807, 2.05) is 0 Å². The van der Waals surface area contributed by atoms with Gasteiger partial charge in [0.2, 0.25) is 0 Å². The van der Waals surface area contributed by atoms with E-state index in [9.17, 15) is 9.50 Å². The Bertz CT molecular complexity index is 597. The first-order valence-electron chi connectivity index (χ1n) is 6.49. The van der Waals surface area contributed by atoms with Crippen molar-refractivity contribution >= 4 is 0 Å². The number of hydrogen-bond acceptors (Lipinski definition) is 2. The van der Waals surface area contributed by atoms with Gasteiger partial charge in [-0.1, -0.05) is 30.3 Å². The standard InChI is InChI=1S/C16H16FNO/c17-15-6-5-12(9-16(15)19)10-18-8-7-13-3-1-2-4-14(13)11-18/h1-6,9,19H,7-8,10-11H2. The van der Waals surface area contributed by atoms with E-state index in [0.29, 0.717) is 0 Å². The van der Waals surface area contributed by atoms with Crippen molar-refractivity contribution in [2.24, 2.45) is 0 Å². The van der Waals surface area contributed by atoms with Crippen LogP contribution in [0.2, 0.25) is 0 Å². The molecule has 1 aliphatic rings. The van der Waals surface area contributed by atoms with E-state index in [1.165, 1.54) is 23.3 Å². The maximum atomic E-state index is 13.0. The van der Waals surface area contributed by atoms with Crippen molar-refractivity contribution in [1.29, 1.82) is 0 Å². The molecule has 1 aliphatic heterocycles. The van der Waals surface area contributed by atoms with Crippen molar-refractivity contribution in [3.8, 4) is 5.75 Å². The van der Waals surface area contributed by atoms with Gasteiger partial charge in [0.25, 0.3) is 0 Å². The highest BCUT2D eigenvalue weighted by Gasteiger charge is 2.16. The number of halogens is 1. The first kappa shape index (κ1) is 12.2. The molecule has 0 amide bonds. The predicted octanol–water partition coefficient (Wildman–Crippen LogP) is 3.09. The molecule has 98 valence electrons. The maximum Gasteiger partial charge on any atom is 0.164 e. The Morgan fingerprint density at radius 2 is 1.89 bits per heavy atom. The molecule has 0 bridgehead atoms. The quantitative estimate of drug-likeness (QED) is 0.893. The predicted molar refractivity (Wildman–Crippen MR) is 72.3 cm³/mol. The summed E-state index contributed by atoms with van der Waals surface area (Å²) in [5.74, 6) is -0.831. The van der Waals surface area contributed by atoms with Gasteiger partial charge >= 0.3 is 0 Å². The van der Waals surface area contributed by atoms with Crippen LogP contribution >= 0.6 is 0 Å². The van der Waals surface area contributed by atoms with Crippen LogP contribution in [0.1, 0.15) is 16.7 Å². The van der Waals surface area contributed by atoms with Gasteiger partial charge in [0.15, 0.2) is 11.6 Å². The SMILES string of the molecule is Oc1cc(CN2CCc3ccccc3C2)ccc1F. The summed E-state index contributed by atoms with van der Waals surface area (Å²) in [6.07, 6.45) is 1.04. The van der Waals surface area contributed by atoms with Crippen molar-refractivity contribution < 1.29 is 9.50 Å². The third-order valence-corrected chi connectivity index (χ3v) is 3.63. The van der Waals surface area contributed by atoms with Gasteiger partial charge in [0.1, 0.15) is 0 Å². The average molecular weight is 257 g/mol.